The number of nitrogens with zero attached hydrogens (tertiary/aromatic N) is 4. The first-order valence-electron chi connectivity index (χ1n) is 12.4. The molecular formula is C25H31Cl2FN6O. The molecule has 0 bridgehead atoms. The number of aromatic nitrogens is 4. The number of fused-ring (bicyclic) bond motifs is 1. The van der Waals surface area contributed by atoms with Gasteiger partial charge in [0, 0.05) is 23.7 Å². The molecule has 3 heterocycles. The van der Waals surface area contributed by atoms with Crippen molar-refractivity contribution in [3.63, 3.8) is 0 Å². The van der Waals surface area contributed by atoms with Gasteiger partial charge in [-0.2, -0.15) is 4.98 Å². The third-order valence-corrected chi connectivity index (χ3v) is 7.91. The number of ether oxygens (including phenoxy) is 1. The molecule has 5 rings (SSSR count). The van der Waals surface area contributed by atoms with E-state index >= 15 is 0 Å². The average Bonchev–Trinajstić information content (AvgIpc) is 3.20. The summed E-state index contributed by atoms with van der Waals surface area (Å²) < 4.78 is 22.4. The number of anilines is 3. The maximum absolute atomic E-state index is 14.8. The van der Waals surface area contributed by atoms with Crippen molar-refractivity contribution in [3.8, 4) is 0 Å². The molecule has 1 aliphatic carbocycles. The number of benzene rings is 1. The van der Waals surface area contributed by atoms with Crippen LogP contribution in [-0.4, -0.2) is 38.8 Å². The van der Waals surface area contributed by atoms with Crippen molar-refractivity contribution in [2.24, 2.45) is 11.8 Å². The summed E-state index contributed by atoms with van der Waals surface area (Å²) >= 11 is 12.3. The molecule has 2 aliphatic rings. The molecule has 0 radical (unpaired) electrons. The third kappa shape index (κ3) is 5.20. The number of rotatable bonds is 6. The van der Waals surface area contributed by atoms with Crippen LogP contribution in [0.25, 0.3) is 11.2 Å². The highest BCUT2D eigenvalue weighted by atomic mass is 35.5. The van der Waals surface area contributed by atoms with E-state index in [2.05, 4.69) is 34.0 Å². The molecule has 1 saturated heterocycles. The number of nitrogens with one attached hydrogen (secondary N) is 2. The highest BCUT2D eigenvalue weighted by Crippen LogP contribution is 2.39. The molecule has 2 fully saturated rings. The predicted molar refractivity (Wildman–Crippen MR) is 138 cm³/mol. The van der Waals surface area contributed by atoms with Gasteiger partial charge in [-0.3, -0.25) is 4.57 Å². The van der Waals surface area contributed by atoms with Gasteiger partial charge in [0.2, 0.25) is 11.9 Å². The van der Waals surface area contributed by atoms with E-state index in [4.69, 9.17) is 37.9 Å². The minimum atomic E-state index is -0.530. The second-order valence-corrected chi connectivity index (χ2v) is 10.6. The lowest BCUT2D eigenvalue weighted by molar-refractivity contribution is 0.0536. The van der Waals surface area contributed by atoms with Crippen LogP contribution in [0.4, 0.5) is 22.0 Å². The molecule has 0 unspecified atom stereocenters. The quantitative estimate of drug-likeness (QED) is 0.364. The Hall–Kier alpha value is -2.16. The Morgan fingerprint density at radius 2 is 1.94 bits per heavy atom. The fourth-order valence-electron chi connectivity index (χ4n) is 5.24. The number of imidazole rings is 1. The fourth-order valence-corrected chi connectivity index (χ4v) is 5.76. The van der Waals surface area contributed by atoms with E-state index in [1.165, 1.54) is 18.6 Å². The zero-order valence-electron chi connectivity index (χ0n) is 20.0. The van der Waals surface area contributed by atoms with Crippen LogP contribution in [0.2, 0.25) is 10.0 Å². The topological polar surface area (TPSA) is 76.9 Å². The van der Waals surface area contributed by atoms with E-state index in [0.29, 0.717) is 23.3 Å². The number of hydrogen-bond donors (Lipinski definition) is 2. The van der Waals surface area contributed by atoms with Crippen molar-refractivity contribution < 1.29 is 9.13 Å². The number of halogens is 3. The molecule has 0 amide bonds. The molecular weight excluding hydrogens is 490 g/mol. The summed E-state index contributed by atoms with van der Waals surface area (Å²) in [5, 5.41) is 7.07. The Labute approximate surface area is 214 Å². The standard InChI is InChI=1S/C25H31Cl2FN6O/c1-3-15-4-6-17(7-5-15)34-23-21(12-29-24(33-23)30-20-8-9-35-13-14(20)2)31-25(34)32-22-18(27)10-16(26)11-19(22)28/h10-12,14-15,17,20H,3-9,13H2,1-2H3,(H,31,32)(H,29,30,33)/t14-,15?,17?,20-/m1/s1. The molecule has 3 aromatic rings. The van der Waals surface area contributed by atoms with Gasteiger partial charge in [-0.15, -0.1) is 0 Å². The van der Waals surface area contributed by atoms with E-state index in [1.807, 2.05) is 0 Å². The third-order valence-electron chi connectivity index (χ3n) is 7.39. The summed E-state index contributed by atoms with van der Waals surface area (Å²) in [4.78, 5) is 14.2. The van der Waals surface area contributed by atoms with Gasteiger partial charge >= 0.3 is 0 Å². The first-order chi connectivity index (χ1) is 16.9. The highest BCUT2D eigenvalue weighted by Gasteiger charge is 2.28. The molecule has 35 heavy (non-hydrogen) atoms. The lowest BCUT2D eigenvalue weighted by atomic mass is 9.84. The lowest BCUT2D eigenvalue weighted by Gasteiger charge is -2.30. The van der Waals surface area contributed by atoms with Gasteiger partial charge in [-0.25, -0.2) is 14.4 Å². The SMILES string of the molecule is CCC1CCC(n2c(Nc3c(F)cc(Cl)cc3Cl)nc3cnc(N[C@@H]4CCOC[C@H]4C)nc32)CC1. The summed E-state index contributed by atoms with van der Waals surface area (Å²) in [6.07, 6.45) is 8.14. The van der Waals surface area contributed by atoms with Gasteiger partial charge in [0.05, 0.1) is 23.5 Å². The molecule has 1 aromatic carbocycles. The van der Waals surface area contributed by atoms with Crippen molar-refractivity contribution in [1.82, 2.24) is 19.5 Å². The predicted octanol–water partition coefficient (Wildman–Crippen LogP) is 6.99. The fraction of sp³-hybridized carbons (Fsp3) is 0.560. The van der Waals surface area contributed by atoms with Crippen LogP contribution < -0.4 is 10.6 Å². The van der Waals surface area contributed by atoms with E-state index < -0.39 is 5.82 Å². The summed E-state index contributed by atoms with van der Waals surface area (Å²) in [5.74, 6) is 1.65. The molecule has 188 valence electrons. The summed E-state index contributed by atoms with van der Waals surface area (Å²) in [5.41, 5.74) is 1.54. The molecule has 1 saturated carbocycles. The van der Waals surface area contributed by atoms with Gasteiger partial charge in [-0.1, -0.05) is 43.5 Å². The maximum atomic E-state index is 14.8. The van der Waals surface area contributed by atoms with Crippen molar-refractivity contribution >= 4 is 51.9 Å². The summed E-state index contributed by atoms with van der Waals surface area (Å²) in [6, 6.07) is 3.21. The lowest BCUT2D eigenvalue weighted by Crippen LogP contribution is -2.36. The van der Waals surface area contributed by atoms with Gasteiger partial charge in [0.15, 0.2) is 5.65 Å². The number of hydrogen-bond acceptors (Lipinski definition) is 6. The largest absolute Gasteiger partial charge is 0.381 e. The van der Waals surface area contributed by atoms with Crippen molar-refractivity contribution in [1.29, 1.82) is 0 Å². The summed E-state index contributed by atoms with van der Waals surface area (Å²) in [7, 11) is 0. The van der Waals surface area contributed by atoms with Crippen LogP contribution in [0.1, 0.15) is 58.4 Å². The molecule has 0 spiro atoms. The second-order valence-electron chi connectivity index (χ2n) is 9.75. The normalized spacial score (nSPS) is 25.1. The van der Waals surface area contributed by atoms with Crippen LogP contribution >= 0.6 is 23.2 Å². The first kappa shape index (κ1) is 24.5. The van der Waals surface area contributed by atoms with Crippen LogP contribution in [-0.2, 0) is 4.74 Å². The van der Waals surface area contributed by atoms with E-state index in [9.17, 15) is 4.39 Å². The Morgan fingerprint density at radius 1 is 1.14 bits per heavy atom. The van der Waals surface area contributed by atoms with Gasteiger partial charge in [0.25, 0.3) is 0 Å². The van der Waals surface area contributed by atoms with Gasteiger partial charge in [-0.05, 0) is 56.1 Å². The zero-order valence-corrected chi connectivity index (χ0v) is 21.5. The summed E-state index contributed by atoms with van der Waals surface area (Å²) in [6.45, 7) is 5.86. The van der Waals surface area contributed by atoms with Gasteiger partial charge in [0.1, 0.15) is 11.3 Å². The molecule has 1 aliphatic heterocycles. The second kappa shape index (κ2) is 10.4. The molecule has 2 N–H and O–H groups in total. The minimum Gasteiger partial charge on any atom is -0.381 e. The van der Waals surface area contributed by atoms with E-state index in [1.54, 1.807) is 6.20 Å². The van der Waals surface area contributed by atoms with E-state index in [0.717, 1.165) is 56.9 Å². The maximum Gasteiger partial charge on any atom is 0.224 e. The van der Waals surface area contributed by atoms with Gasteiger partial charge < -0.3 is 15.4 Å². The monoisotopic (exact) mass is 520 g/mol. The van der Waals surface area contributed by atoms with Crippen LogP contribution in [0, 0.1) is 17.7 Å². The molecule has 2 atom stereocenters. The minimum absolute atomic E-state index is 0.150. The van der Waals surface area contributed by atoms with E-state index in [-0.39, 0.29) is 27.8 Å². The smallest absolute Gasteiger partial charge is 0.224 e. The average molecular weight is 521 g/mol. The van der Waals surface area contributed by atoms with Crippen molar-refractivity contribution in [2.45, 2.75) is 64.5 Å². The zero-order chi connectivity index (χ0) is 24.5. The van der Waals surface area contributed by atoms with Crippen molar-refractivity contribution in [2.75, 3.05) is 23.8 Å². The van der Waals surface area contributed by atoms with Crippen LogP contribution in [0.5, 0.6) is 0 Å². The highest BCUT2D eigenvalue weighted by molar-refractivity contribution is 6.36. The molecule has 7 nitrogen and oxygen atoms in total. The Bertz CT molecular complexity index is 1170. The first-order valence-corrected chi connectivity index (χ1v) is 13.2. The van der Waals surface area contributed by atoms with Crippen LogP contribution in [0.15, 0.2) is 18.3 Å². The van der Waals surface area contributed by atoms with Crippen molar-refractivity contribution in [3.05, 3.63) is 34.2 Å². The Morgan fingerprint density at radius 3 is 2.66 bits per heavy atom. The molecule has 10 heteroatoms. The molecule has 2 aromatic heterocycles. The Balaban J connectivity index is 1.53. The van der Waals surface area contributed by atoms with Crippen LogP contribution in [0.3, 0.4) is 0 Å². The Kier molecular flexibility index (Phi) is 7.32.